The standard InChI is InChI=1S/C28H28N4/c1-4-26-31-27-18(2)15-19(3)30-28(27)32(26)25-12-8-6-9-20-16-21(13-14-24(20)25)23-11-7-5-10-22(23)17-29/h5,7,10-11,13-16,25H,4,6,8-9,12H2,1-3H3. The quantitative estimate of drug-likeness (QED) is 0.357. The average molecular weight is 421 g/mol. The van der Waals surface area contributed by atoms with Crippen molar-refractivity contribution in [3.8, 4) is 17.2 Å². The van der Waals surface area contributed by atoms with E-state index < -0.39 is 0 Å². The topological polar surface area (TPSA) is 54.5 Å². The van der Waals surface area contributed by atoms with Gasteiger partial charge < -0.3 is 4.57 Å². The molecule has 0 saturated heterocycles. The summed E-state index contributed by atoms with van der Waals surface area (Å²) in [5.74, 6) is 1.11. The summed E-state index contributed by atoms with van der Waals surface area (Å²) in [5.41, 5.74) is 9.87. The van der Waals surface area contributed by atoms with Crippen LogP contribution in [0.2, 0.25) is 0 Å². The Morgan fingerprint density at radius 2 is 1.91 bits per heavy atom. The minimum Gasteiger partial charge on any atom is -0.305 e. The Labute approximate surface area is 189 Å². The molecule has 160 valence electrons. The smallest absolute Gasteiger partial charge is 0.161 e. The molecule has 1 aliphatic rings. The maximum absolute atomic E-state index is 9.57. The molecule has 5 rings (SSSR count). The van der Waals surface area contributed by atoms with E-state index in [1.807, 2.05) is 24.3 Å². The molecule has 0 fully saturated rings. The van der Waals surface area contributed by atoms with E-state index in [0.717, 1.165) is 58.6 Å². The van der Waals surface area contributed by atoms with Crippen molar-refractivity contribution in [2.45, 2.75) is 58.9 Å². The van der Waals surface area contributed by atoms with E-state index in [9.17, 15) is 5.26 Å². The SMILES string of the molecule is CCc1nc2c(C)cc(C)nc2n1C1CCCCc2cc(-c3ccccc3C#N)ccc21. The fourth-order valence-electron chi connectivity index (χ4n) is 5.22. The fraction of sp³-hybridized carbons (Fsp3) is 0.321. The highest BCUT2D eigenvalue weighted by atomic mass is 15.2. The highest BCUT2D eigenvalue weighted by Gasteiger charge is 2.26. The zero-order chi connectivity index (χ0) is 22.2. The molecule has 0 saturated carbocycles. The Bertz CT molecular complexity index is 1360. The lowest BCUT2D eigenvalue weighted by Gasteiger charge is -2.23. The van der Waals surface area contributed by atoms with E-state index in [-0.39, 0.29) is 6.04 Å². The summed E-state index contributed by atoms with van der Waals surface area (Å²) in [6, 6.07) is 19.3. The van der Waals surface area contributed by atoms with Gasteiger partial charge in [0.25, 0.3) is 0 Å². The monoisotopic (exact) mass is 420 g/mol. The van der Waals surface area contributed by atoms with Crippen LogP contribution in [0, 0.1) is 25.2 Å². The summed E-state index contributed by atoms with van der Waals surface area (Å²) >= 11 is 0. The van der Waals surface area contributed by atoms with Gasteiger partial charge in [-0.2, -0.15) is 5.26 Å². The third-order valence-electron chi connectivity index (χ3n) is 6.70. The fourth-order valence-corrected chi connectivity index (χ4v) is 5.22. The number of nitrogens with zero attached hydrogens (tertiary/aromatic N) is 4. The predicted molar refractivity (Wildman–Crippen MR) is 129 cm³/mol. The van der Waals surface area contributed by atoms with Crippen LogP contribution in [0.5, 0.6) is 0 Å². The van der Waals surface area contributed by atoms with Gasteiger partial charge in [-0.3, -0.25) is 0 Å². The number of hydrogen-bond acceptors (Lipinski definition) is 3. The number of rotatable bonds is 3. The van der Waals surface area contributed by atoms with Gasteiger partial charge >= 0.3 is 0 Å². The zero-order valence-electron chi connectivity index (χ0n) is 19.0. The molecule has 1 aliphatic carbocycles. The third kappa shape index (κ3) is 3.39. The average Bonchev–Trinajstić information content (AvgIpc) is 3.05. The van der Waals surface area contributed by atoms with Gasteiger partial charge in [-0.15, -0.1) is 0 Å². The number of aryl methyl sites for hydroxylation is 4. The number of aromatic nitrogens is 3. The summed E-state index contributed by atoms with van der Waals surface area (Å²) in [5, 5.41) is 9.57. The van der Waals surface area contributed by atoms with Crippen molar-refractivity contribution in [2.75, 3.05) is 0 Å². The minimum atomic E-state index is 0.237. The Balaban J connectivity index is 1.69. The first-order chi connectivity index (χ1) is 15.6. The molecule has 0 aliphatic heterocycles. The molecule has 0 bridgehead atoms. The Morgan fingerprint density at radius 1 is 1.06 bits per heavy atom. The van der Waals surface area contributed by atoms with Crippen LogP contribution in [0.25, 0.3) is 22.3 Å². The highest BCUT2D eigenvalue weighted by Crippen LogP contribution is 2.37. The lowest BCUT2D eigenvalue weighted by atomic mass is 9.92. The summed E-state index contributed by atoms with van der Waals surface area (Å²) in [7, 11) is 0. The van der Waals surface area contributed by atoms with Crippen molar-refractivity contribution in [1.82, 2.24) is 14.5 Å². The van der Waals surface area contributed by atoms with Crippen LogP contribution >= 0.6 is 0 Å². The Morgan fingerprint density at radius 3 is 2.72 bits per heavy atom. The van der Waals surface area contributed by atoms with E-state index in [0.29, 0.717) is 0 Å². The third-order valence-corrected chi connectivity index (χ3v) is 6.70. The Hall–Kier alpha value is -3.45. The number of pyridine rings is 1. The molecule has 4 nitrogen and oxygen atoms in total. The summed E-state index contributed by atoms with van der Waals surface area (Å²) < 4.78 is 2.41. The molecule has 2 heterocycles. The Kier molecular flexibility index (Phi) is 5.27. The predicted octanol–water partition coefficient (Wildman–Crippen LogP) is 6.47. The second-order valence-electron chi connectivity index (χ2n) is 8.84. The molecule has 32 heavy (non-hydrogen) atoms. The van der Waals surface area contributed by atoms with Crippen molar-refractivity contribution in [3.63, 3.8) is 0 Å². The molecular formula is C28H28N4. The minimum absolute atomic E-state index is 0.237. The largest absolute Gasteiger partial charge is 0.305 e. The van der Waals surface area contributed by atoms with Gasteiger partial charge in [-0.25, -0.2) is 9.97 Å². The highest BCUT2D eigenvalue weighted by molar-refractivity contribution is 5.76. The lowest BCUT2D eigenvalue weighted by molar-refractivity contribution is 0.517. The van der Waals surface area contributed by atoms with E-state index in [2.05, 4.69) is 55.7 Å². The molecule has 0 radical (unpaired) electrons. The zero-order valence-corrected chi connectivity index (χ0v) is 19.0. The number of benzene rings is 2. The molecule has 4 aromatic rings. The lowest BCUT2D eigenvalue weighted by Crippen LogP contribution is -2.15. The maximum atomic E-state index is 9.57. The van der Waals surface area contributed by atoms with Gasteiger partial charge in [0.05, 0.1) is 17.7 Å². The normalized spacial score (nSPS) is 15.9. The molecule has 0 N–H and O–H groups in total. The number of hydrogen-bond donors (Lipinski definition) is 0. The summed E-state index contributed by atoms with van der Waals surface area (Å²) in [6.45, 7) is 6.38. The van der Waals surface area contributed by atoms with E-state index in [1.54, 1.807) is 0 Å². The van der Waals surface area contributed by atoms with Crippen molar-refractivity contribution in [2.24, 2.45) is 0 Å². The van der Waals surface area contributed by atoms with E-state index in [4.69, 9.17) is 9.97 Å². The van der Waals surface area contributed by atoms with E-state index in [1.165, 1.54) is 29.5 Å². The molecule has 4 heteroatoms. The molecule has 2 aromatic carbocycles. The number of imidazole rings is 1. The van der Waals surface area contributed by atoms with Gasteiger partial charge in [0, 0.05) is 12.1 Å². The van der Waals surface area contributed by atoms with Gasteiger partial charge in [0.1, 0.15) is 11.3 Å². The van der Waals surface area contributed by atoms with E-state index >= 15 is 0 Å². The van der Waals surface area contributed by atoms with Gasteiger partial charge in [-0.05, 0) is 73.1 Å². The molecule has 0 amide bonds. The van der Waals surface area contributed by atoms with Crippen molar-refractivity contribution < 1.29 is 0 Å². The van der Waals surface area contributed by atoms with Crippen LogP contribution < -0.4 is 0 Å². The number of fused-ring (bicyclic) bond motifs is 2. The maximum Gasteiger partial charge on any atom is 0.161 e. The number of nitriles is 1. The van der Waals surface area contributed by atoms with Crippen LogP contribution in [0.1, 0.15) is 66.0 Å². The van der Waals surface area contributed by atoms with Crippen molar-refractivity contribution in [1.29, 1.82) is 5.26 Å². The first-order valence-electron chi connectivity index (χ1n) is 11.6. The van der Waals surface area contributed by atoms with Crippen molar-refractivity contribution >= 4 is 11.2 Å². The van der Waals surface area contributed by atoms with Crippen LogP contribution in [0.4, 0.5) is 0 Å². The van der Waals surface area contributed by atoms with Gasteiger partial charge in [0.15, 0.2) is 5.65 Å². The van der Waals surface area contributed by atoms with Crippen LogP contribution in [-0.4, -0.2) is 14.5 Å². The molecule has 1 atom stereocenters. The first kappa shape index (κ1) is 20.5. The first-order valence-corrected chi connectivity index (χ1v) is 11.6. The van der Waals surface area contributed by atoms with Crippen LogP contribution in [-0.2, 0) is 12.8 Å². The molecule has 1 unspecified atom stereocenters. The van der Waals surface area contributed by atoms with Gasteiger partial charge in [0.2, 0.25) is 0 Å². The summed E-state index contributed by atoms with van der Waals surface area (Å²) in [4.78, 5) is 9.94. The van der Waals surface area contributed by atoms with Crippen LogP contribution in [0.15, 0.2) is 48.5 Å². The van der Waals surface area contributed by atoms with Gasteiger partial charge in [-0.1, -0.05) is 49.7 Å². The second-order valence-corrected chi connectivity index (χ2v) is 8.84. The van der Waals surface area contributed by atoms with Crippen LogP contribution in [0.3, 0.4) is 0 Å². The molecule has 2 aromatic heterocycles. The van der Waals surface area contributed by atoms with Crippen molar-refractivity contribution in [3.05, 3.63) is 82.3 Å². The summed E-state index contributed by atoms with van der Waals surface area (Å²) in [6.07, 6.45) is 5.39. The molecule has 0 spiro atoms. The second kappa shape index (κ2) is 8.24. The molecular weight excluding hydrogens is 392 g/mol.